The van der Waals surface area contributed by atoms with E-state index in [4.69, 9.17) is 5.73 Å². The summed E-state index contributed by atoms with van der Waals surface area (Å²) in [6, 6.07) is -0.368. The molecule has 5 heteroatoms. The second-order valence-electron chi connectivity index (χ2n) is 5.40. The zero-order valence-corrected chi connectivity index (χ0v) is 10.9. The van der Waals surface area contributed by atoms with Crippen molar-refractivity contribution in [1.29, 1.82) is 0 Å². The summed E-state index contributed by atoms with van der Waals surface area (Å²) in [6.45, 7) is 2.69. The van der Waals surface area contributed by atoms with Crippen LogP contribution in [0.15, 0.2) is 0 Å². The van der Waals surface area contributed by atoms with Crippen molar-refractivity contribution in [2.75, 3.05) is 19.6 Å². The van der Waals surface area contributed by atoms with Gasteiger partial charge in [-0.05, 0) is 51.1 Å². The van der Waals surface area contributed by atoms with E-state index in [0.717, 1.165) is 45.2 Å². The maximum absolute atomic E-state index is 12.3. The zero-order chi connectivity index (χ0) is 13.0. The number of nitrogens with one attached hydrogen (secondary N) is 1. The van der Waals surface area contributed by atoms with Crippen LogP contribution in [0.5, 0.6) is 0 Å². The van der Waals surface area contributed by atoms with Crippen molar-refractivity contribution in [2.45, 2.75) is 44.6 Å². The van der Waals surface area contributed by atoms with Gasteiger partial charge in [0.1, 0.15) is 6.04 Å². The molecule has 2 aliphatic heterocycles. The number of primary amides is 1. The van der Waals surface area contributed by atoms with Crippen molar-refractivity contribution in [2.24, 2.45) is 11.7 Å². The number of carbonyl (C=O) groups is 2. The Morgan fingerprint density at radius 3 is 2.56 bits per heavy atom. The quantitative estimate of drug-likeness (QED) is 0.756. The average Bonchev–Trinajstić information content (AvgIpc) is 2.40. The number of carbonyl (C=O) groups excluding carboxylic acids is 2. The monoisotopic (exact) mass is 253 g/mol. The van der Waals surface area contributed by atoms with Gasteiger partial charge in [-0.15, -0.1) is 0 Å². The minimum atomic E-state index is -0.368. The Hall–Kier alpha value is -1.10. The Kier molecular flexibility index (Phi) is 4.58. The Morgan fingerprint density at radius 1 is 1.17 bits per heavy atom. The van der Waals surface area contributed by atoms with Gasteiger partial charge < -0.3 is 16.0 Å². The SMILES string of the molecule is NC(=O)C1CCCCN1C(=O)CC1CCNCC1. The molecule has 0 spiro atoms. The van der Waals surface area contributed by atoms with Crippen LogP contribution < -0.4 is 11.1 Å². The lowest BCUT2D eigenvalue weighted by atomic mass is 9.92. The zero-order valence-electron chi connectivity index (χ0n) is 10.9. The highest BCUT2D eigenvalue weighted by Crippen LogP contribution is 2.22. The van der Waals surface area contributed by atoms with Gasteiger partial charge in [0, 0.05) is 13.0 Å². The maximum atomic E-state index is 12.3. The first-order valence-corrected chi connectivity index (χ1v) is 6.98. The van der Waals surface area contributed by atoms with Gasteiger partial charge in [-0.2, -0.15) is 0 Å². The van der Waals surface area contributed by atoms with E-state index < -0.39 is 0 Å². The van der Waals surface area contributed by atoms with Crippen molar-refractivity contribution >= 4 is 11.8 Å². The van der Waals surface area contributed by atoms with Gasteiger partial charge in [-0.25, -0.2) is 0 Å². The number of piperidine rings is 2. The van der Waals surface area contributed by atoms with E-state index in [1.165, 1.54) is 0 Å². The predicted octanol–water partition coefficient (Wildman–Crippen LogP) is 0.242. The maximum Gasteiger partial charge on any atom is 0.240 e. The first-order chi connectivity index (χ1) is 8.68. The third kappa shape index (κ3) is 3.22. The number of hydrogen-bond acceptors (Lipinski definition) is 3. The summed E-state index contributed by atoms with van der Waals surface area (Å²) >= 11 is 0. The molecule has 2 amide bonds. The highest BCUT2D eigenvalue weighted by atomic mass is 16.2. The van der Waals surface area contributed by atoms with Crippen molar-refractivity contribution in [3.8, 4) is 0 Å². The molecule has 1 unspecified atom stereocenters. The van der Waals surface area contributed by atoms with Crippen molar-refractivity contribution < 1.29 is 9.59 Å². The summed E-state index contributed by atoms with van der Waals surface area (Å²) in [6.07, 6.45) is 5.40. The number of amides is 2. The molecule has 2 rings (SSSR count). The Labute approximate surface area is 108 Å². The molecule has 5 nitrogen and oxygen atoms in total. The molecule has 2 saturated heterocycles. The van der Waals surface area contributed by atoms with Gasteiger partial charge in [0.25, 0.3) is 0 Å². The largest absolute Gasteiger partial charge is 0.368 e. The lowest BCUT2D eigenvalue weighted by molar-refractivity contribution is -0.142. The van der Waals surface area contributed by atoms with Gasteiger partial charge in [-0.1, -0.05) is 0 Å². The molecule has 2 heterocycles. The van der Waals surface area contributed by atoms with Crippen LogP contribution in [-0.2, 0) is 9.59 Å². The predicted molar refractivity (Wildman–Crippen MR) is 68.8 cm³/mol. The molecular weight excluding hydrogens is 230 g/mol. The van der Waals surface area contributed by atoms with Crippen LogP contribution in [0.4, 0.5) is 0 Å². The van der Waals surface area contributed by atoms with Gasteiger partial charge >= 0.3 is 0 Å². The minimum Gasteiger partial charge on any atom is -0.368 e. The normalized spacial score (nSPS) is 26.0. The lowest BCUT2D eigenvalue weighted by Gasteiger charge is -2.35. The summed E-state index contributed by atoms with van der Waals surface area (Å²) in [5.41, 5.74) is 5.39. The topological polar surface area (TPSA) is 75.4 Å². The van der Waals surface area contributed by atoms with Crippen molar-refractivity contribution in [3.63, 3.8) is 0 Å². The number of nitrogens with zero attached hydrogens (tertiary/aromatic N) is 1. The van der Waals surface area contributed by atoms with Crippen LogP contribution in [0.2, 0.25) is 0 Å². The number of likely N-dealkylation sites (tertiary alicyclic amines) is 1. The van der Waals surface area contributed by atoms with E-state index in [2.05, 4.69) is 5.32 Å². The Morgan fingerprint density at radius 2 is 1.89 bits per heavy atom. The van der Waals surface area contributed by atoms with Gasteiger partial charge in [0.05, 0.1) is 0 Å². The van der Waals surface area contributed by atoms with Gasteiger partial charge in [-0.3, -0.25) is 9.59 Å². The van der Waals surface area contributed by atoms with E-state index in [0.29, 0.717) is 18.9 Å². The molecule has 18 heavy (non-hydrogen) atoms. The fraction of sp³-hybridized carbons (Fsp3) is 0.846. The molecule has 0 aromatic heterocycles. The molecule has 0 saturated carbocycles. The van der Waals surface area contributed by atoms with E-state index in [9.17, 15) is 9.59 Å². The molecule has 0 bridgehead atoms. The van der Waals surface area contributed by atoms with Crippen LogP contribution >= 0.6 is 0 Å². The number of hydrogen-bond donors (Lipinski definition) is 2. The number of rotatable bonds is 3. The molecule has 0 radical (unpaired) electrons. The smallest absolute Gasteiger partial charge is 0.240 e. The molecule has 0 aliphatic carbocycles. The van der Waals surface area contributed by atoms with Crippen LogP contribution in [0.3, 0.4) is 0 Å². The second kappa shape index (κ2) is 6.18. The molecule has 0 aromatic rings. The molecule has 2 aliphatic rings. The first-order valence-electron chi connectivity index (χ1n) is 6.98. The molecule has 1 atom stereocenters. The molecule has 2 fully saturated rings. The van der Waals surface area contributed by atoms with E-state index >= 15 is 0 Å². The fourth-order valence-electron chi connectivity index (χ4n) is 2.98. The second-order valence-corrected chi connectivity index (χ2v) is 5.40. The summed E-state index contributed by atoms with van der Waals surface area (Å²) in [5, 5.41) is 3.30. The third-order valence-electron chi connectivity index (χ3n) is 4.07. The molecule has 0 aromatic carbocycles. The lowest BCUT2D eigenvalue weighted by Crippen LogP contribution is -2.51. The van der Waals surface area contributed by atoms with Crippen LogP contribution in [0, 0.1) is 5.92 Å². The summed E-state index contributed by atoms with van der Waals surface area (Å²) < 4.78 is 0. The highest BCUT2D eigenvalue weighted by molar-refractivity contribution is 5.86. The first kappa shape index (κ1) is 13.3. The van der Waals surface area contributed by atoms with Crippen molar-refractivity contribution in [3.05, 3.63) is 0 Å². The van der Waals surface area contributed by atoms with E-state index in [1.54, 1.807) is 4.90 Å². The highest BCUT2D eigenvalue weighted by Gasteiger charge is 2.31. The van der Waals surface area contributed by atoms with E-state index in [1.807, 2.05) is 0 Å². The van der Waals surface area contributed by atoms with E-state index in [-0.39, 0.29) is 17.9 Å². The molecule has 102 valence electrons. The van der Waals surface area contributed by atoms with Gasteiger partial charge in [0.2, 0.25) is 11.8 Å². The van der Waals surface area contributed by atoms with Crippen LogP contribution in [0.1, 0.15) is 38.5 Å². The molecule has 3 N–H and O–H groups in total. The standard InChI is InChI=1S/C13H23N3O2/c14-13(18)11-3-1-2-8-16(11)12(17)9-10-4-6-15-7-5-10/h10-11,15H,1-9H2,(H2,14,18). The average molecular weight is 253 g/mol. The van der Waals surface area contributed by atoms with Gasteiger partial charge in [0.15, 0.2) is 0 Å². The van der Waals surface area contributed by atoms with Crippen LogP contribution in [0.25, 0.3) is 0 Å². The summed E-state index contributed by atoms with van der Waals surface area (Å²) in [4.78, 5) is 25.4. The van der Waals surface area contributed by atoms with Crippen molar-refractivity contribution in [1.82, 2.24) is 10.2 Å². The number of nitrogens with two attached hydrogens (primary N) is 1. The molecular formula is C13H23N3O2. The Balaban J connectivity index is 1.91. The van der Waals surface area contributed by atoms with Crippen LogP contribution in [-0.4, -0.2) is 42.4 Å². The third-order valence-corrected chi connectivity index (χ3v) is 4.07. The summed E-state index contributed by atoms with van der Waals surface area (Å²) in [5.74, 6) is 0.230. The minimum absolute atomic E-state index is 0.116. The Bertz CT molecular complexity index is 313. The fourth-order valence-corrected chi connectivity index (χ4v) is 2.98. The summed E-state index contributed by atoms with van der Waals surface area (Å²) in [7, 11) is 0.